The van der Waals surface area contributed by atoms with Crippen LogP contribution in [-0.4, -0.2) is 38.0 Å². The molecule has 0 saturated carbocycles. The Bertz CT molecular complexity index is 857. The highest BCUT2D eigenvalue weighted by Gasteiger charge is 2.14. The van der Waals surface area contributed by atoms with E-state index in [4.69, 9.17) is 32.7 Å². The van der Waals surface area contributed by atoms with E-state index in [0.717, 1.165) is 0 Å². The van der Waals surface area contributed by atoms with Gasteiger partial charge in [0, 0.05) is 5.02 Å². The van der Waals surface area contributed by atoms with Crippen molar-refractivity contribution in [3.63, 3.8) is 0 Å². The Morgan fingerprint density at radius 3 is 2.52 bits per heavy atom. The highest BCUT2D eigenvalue weighted by molar-refractivity contribution is 6.36. The van der Waals surface area contributed by atoms with Crippen molar-refractivity contribution in [1.82, 2.24) is 5.32 Å². The van der Waals surface area contributed by atoms with Crippen LogP contribution in [0, 0.1) is 0 Å². The molecular formula is C18H16Cl2N2O5. The summed E-state index contributed by atoms with van der Waals surface area (Å²) in [6.45, 7) is -0.922. The van der Waals surface area contributed by atoms with Crippen LogP contribution >= 0.6 is 23.2 Å². The maximum atomic E-state index is 12.1. The number of para-hydroxylation sites is 1. The third kappa shape index (κ3) is 6.16. The molecule has 0 aromatic heterocycles. The van der Waals surface area contributed by atoms with E-state index in [2.05, 4.69) is 10.6 Å². The van der Waals surface area contributed by atoms with Crippen LogP contribution in [0.5, 0.6) is 5.75 Å². The van der Waals surface area contributed by atoms with Crippen molar-refractivity contribution in [1.29, 1.82) is 0 Å². The van der Waals surface area contributed by atoms with Gasteiger partial charge in [0.05, 0.1) is 23.4 Å². The lowest BCUT2D eigenvalue weighted by molar-refractivity contribution is -0.146. The predicted molar refractivity (Wildman–Crippen MR) is 101 cm³/mol. The molecule has 0 aliphatic carbocycles. The lowest BCUT2D eigenvalue weighted by Crippen LogP contribution is -2.32. The second kappa shape index (κ2) is 9.80. The zero-order valence-corrected chi connectivity index (χ0v) is 15.8. The number of halogens is 2. The Hall–Kier alpha value is -2.77. The molecular weight excluding hydrogens is 395 g/mol. The van der Waals surface area contributed by atoms with Gasteiger partial charge in [-0.2, -0.15) is 0 Å². The number of hydrogen-bond donors (Lipinski definition) is 2. The second-order valence-corrected chi connectivity index (χ2v) is 6.06. The standard InChI is InChI=1S/C18H16Cl2N2O5/c1-26-15-5-3-2-4-12(15)18(25)21-9-17(24)27-10-16(23)22-14-7-6-11(19)8-13(14)20/h2-8H,9-10H2,1H3,(H,21,25)(H,22,23). The van der Waals surface area contributed by atoms with E-state index in [9.17, 15) is 14.4 Å². The van der Waals surface area contributed by atoms with Gasteiger partial charge in [-0.05, 0) is 30.3 Å². The molecule has 2 aromatic carbocycles. The predicted octanol–water partition coefficient (Wildman–Crippen LogP) is 2.91. The zero-order valence-electron chi connectivity index (χ0n) is 14.3. The largest absolute Gasteiger partial charge is 0.496 e. The van der Waals surface area contributed by atoms with Crippen molar-refractivity contribution in [3.05, 3.63) is 58.1 Å². The lowest BCUT2D eigenvalue weighted by atomic mass is 10.2. The quantitative estimate of drug-likeness (QED) is 0.684. The number of benzene rings is 2. The maximum Gasteiger partial charge on any atom is 0.325 e. The first-order valence-corrected chi connectivity index (χ1v) is 8.48. The van der Waals surface area contributed by atoms with Gasteiger partial charge in [0.2, 0.25) is 0 Å². The molecule has 0 atom stereocenters. The lowest BCUT2D eigenvalue weighted by Gasteiger charge is -2.10. The van der Waals surface area contributed by atoms with E-state index in [1.165, 1.54) is 19.2 Å². The van der Waals surface area contributed by atoms with Crippen LogP contribution < -0.4 is 15.4 Å². The fraction of sp³-hybridized carbons (Fsp3) is 0.167. The van der Waals surface area contributed by atoms with E-state index in [1.807, 2.05) is 0 Å². The normalized spacial score (nSPS) is 10.0. The van der Waals surface area contributed by atoms with E-state index in [1.54, 1.807) is 30.3 Å². The Morgan fingerprint density at radius 1 is 1.07 bits per heavy atom. The number of carbonyl (C=O) groups is 3. The maximum absolute atomic E-state index is 12.1. The zero-order chi connectivity index (χ0) is 19.8. The van der Waals surface area contributed by atoms with Gasteiger partial charge in [-0.25, -0.2) is 0 Å². The number of ether oxygens (including phenoxy) is 2. The monoisotopic (exact) mass is 410 g/mol. The average molecular weight is 411 g/mol. The Morgan fingerprint density at radius 2 is 1.81 bits per heavy atom. The van der Waals surface area contributed by atoms with Crippen LogP contribution in [-0.2, 0) is 14.3 Å². The molecule has 0 unspecified atom stereocenters. The van der Waals surface area contributed by atoms with Crippen LogP contribution in [0.15, 0.2) is 42.5 Å². The summed E-state index contributed by atoms with van der Waals surface area (Å²) < 4.78 is 9.89. The van der Waals surface area contributed by atoms with Gasteiger partial charge in [-0.3, -0.25) is 14.4 Å². The fourth-order valence-electron chi connectivity index (χ4n) is 2.05. The third-order valence-electron chi connectivity index (χ3n) is 3.31. The topological polar surface area (TPSA) is 93.7 Å². The van der Waals surface area contributed by atoms with Crippen molar-refractivity contribution in [2.75, 3.05) is 25.6 Å². The van der Waals surface area contributed by atoms with Crippen molar-refractivity contribution >= 4 is 46.7 Å². The van der Waals surface area contributed by atoms with Crippen molar-refractivity contribution in [2.24, 2.45) is 0 Å². The molecule has 0 radical (unpaired) electrons. The molecule has 0 aliphatic rings. The molecule has 0 spiro atoms. The minimum atomic E-state index is -0.768. The highest BCUT2D eigenvalue weighted by Crippen LogP contribution is 2.25. The molecule has 0 bridgehead atoms. The molecule has 27 heavy (non-hydrogen) atoms. The van der Waals surface area contributed by atoms with Gasteiger partial charge in [-0.1, -0.05) is 35.3 Å². The molecule has 7 nitrogen and oxygen atoms in total. The molecule has 0 aliphatic heterocycles. The summed E-state index contributed by atoms with van der Waals surface area (Å²) in [5.74, 6) is -1.47. The summed E-state index contributed by atoms with van der Waals surface area (Å²) in [4.78, 5) is 35.6. The number of carbonyl (C=O) groups excluding carboxylic acids is 3. The summed E-state index contributed by atoms with van der Waals surface area (Å²) in [5.41, 5.74) is 0.620. The first kappa shape index (κ1) is 20.5. The number of esters is 1. The first-order chi connectivity index (χ1) is 12.9. The molecule has 9 heteroatoms. The fourth-order valence-corrected chi connectivity index (χ4v) is 2.51. The highest BCUT2D eigenvalue weighted by atomic mass is 35.5. The molecule has 0 fully saturated rings. The Labute approximate surface area is 165 Å². The molecule has 2 N–H and O–H groups in total. The SMILES string of the molecule is COc1ccccc1C(=O)NCC(=O)OCC(=O)Nc1ccc(Cl)cc1Cl. The van der Waals surface area contributed by atoms with Crippen LogP contribution in [0.25, 0.3) is 0 Å². The summed E-state index contributed by atoms with van der Waals surface area (Å²) in [6.07, 6.45) is 0. The van der Waals surface area contributed by atoms with Crippen molar-refractivity contribution in [2.45, 2.75) is 0 Å². The van der Waals surface area contributed by atoms with Crippen LogP contribution in [0.1, 0.15) is 10.4 Å². The average Bonchev–Trinajstić information content (AvgIpc) is 2.66. The Balaban J connectivity index is 1.78. The molecule has 0 saturated heterocycles. The second-order valence-electron chi connectivity index (χ2n) is 5.22. The van der Waals surface area contributed by atoms with Gasteiger partial charge >= 0.3 is 5.97 Å². The number of nitrogens with one attached hydrogen (secondary N) is 2. The van der Waals surface area contributed by atoms with Crippen molar-refractivity contribution in [3.8, 4) is 5.75 Å². The Kier molecular flexibility index (Phi) is 7.45. The minimum Gasteiger partial charge on any atom is -0.496 e. The number of amides is 2. The van der Waals surface area contributed by atoms with Gasteiger partial charge in [0.15, 0.2) is 6.61 Å². The van der Waals surface area contributed by atoms with Gasteiger partial charge in [0.25, 0.3) is 11.8 Å². The first-order valence-electron chi connectivity index (χ1n) is 7.72. The van der Waals surface area contributed by atoms with Gasteiger partial charge in [-0.15, -0.1) is 0 Å². The van der Waals surface area contributed by atoms with E-state index >= 15 is 0 Å². The molecule has 2 rings (SSSR count). The number of anilines is 1. The summed E-state index contributed by atoms with van der Waals surface area (Å²) in [7, 11) is 1.44. The molecule has 2 amide bonds. The summed E-state index contributed by atoms with van der Waals surface area (Å²) in [6, 6.07) is 11.1. The summed E-state index contributed by atoms with van der Waals surface area (Å²) >= 11 is 11.7. The van der Waals surface area contributed by atoms with Gasteiger partial charge < -0.3 is 20.1 Å². The number of rotatable bonds is 7. The van der Waals surface area contributed by atoms with E-state index in [0.29, 0.717) is 16.5 Å². The summed E-state index contributed by atoms with van der Waals surface area (Å²) in [5, 5.41) is 5.57. The molecule has 2 aromatic rings. The van der Waals surface area contributed by atoms with Crippen LogP contribution in [0.4, 0.5) is 5.69 Å². The smallest absolute Gasteiger partial charge is 0.325 e. The third-order valence-corrected chi connectivity index (χ3v) is 3.86. The minimum absolute atomic E-state index is 0.256. The van der Waals surface area contributed by atoms with E-state index in [-0.39, 0.29) is 10.6 Å². The number of methoxy groups -OCH3 is 1. The van der Waals surface area contributed by atoms with Crippen LogP contribution in [0.2, 0.25) is 10.0 Å². The molecule has 142 valence electrons. The van der Waals surface area contributed by atoms with Crippen LogP contribution in [0.3, 0.4) is 0 Å². The van der Waals surface area contributed by atoms with E-state index < -0.39 is 30.9 Å². The number of hydrogen-bond acceptors (Lipinski definition) is 5. The van der Waals surface area contributed by atoms with Crippen molar-refractivity contribution < 1.29 is 23.9 Å². The van der Waals surface area contributed by atoms with Gasteiger partial charge in [0.1, 0.15) is 12.3 Å². The molecule has 0 heterocycles.